The van der Waals surface area contributed by atoms with Crippen LogP contribution < -0.4 is 10.2 Å². The van der Waals surface area contributed by atoms with Crippen LogP contribution in [0.1, 0.15) is 12.0 Å². The number of halogens is 1. The van der Waals surface area contributed by atoms with E-state index in [4.69, 9.17) is 16.6 Å². The quantitative estimate of drug-likeness (QED) is 0.750. The van der Waals surface area contributed by atoms with Crippen LogP contribution >= 0.6 is 23.4 Å². The first kappa shape index (κ1) is 19.9. The average Bonchev–Trinajstić information content (AvgIpc) is 2.89. The number of carbonyl (C=O) groups is 2. The number of nitrogens with one attached hydrogen (secondary N) is 1. The molecule has 0 atom stereocenters. The molecule has 7 nitrogen and oxygen atoms in total. The lowest BCUT2D eigenvalue weighted by Gasteiger charge is -2.21. The highest BCUT2D eigenvalue weighted by Gasteiger charge is 2.25. The zero-order valence-corrected chi connectivity index (χ0v) is 17.5. The average molecular weight is 430 g/mol. The number of imide groups is 1. The number of hydrogen-bond donors (Lipinski definition) is 1. The number of nitrogens with zero attached hydrogens (tertiary/aromatic N) is 4. The largest absolute Gasteiger partial charge is 0.354 e. The Kier molecular flexibility index (Phi) is 5.84. The number of amides is 2. The molecule has 1 N–H and O–H groups in total. The first-order valence-corrected chi connectivity index (χ1v) is 10.5. The maximum absolute atomic E-state index is 11.8. The minimum absolute atomic E-state index is 0.358. The Morgan fingerprint density at radius 3 is 2.83 bits per heavy atom. The van der Waals surface area contributed by atoms with E-state index in [1.54, 1.807) is 30.6 Å². The van der Waals surface area contributed by atoms with E-state index in [1.165, 1.54) is 0 Å². The molecule has 2 aliphatic rings. The van der Waals surface area contributed by atoms with Crippen LogP contribution in [0.4, 0.5) is 10.6 Å². The summed E-state index contributed by atoms with van der Waals surface area (Å²) in [6, 6.07) is 5.42. The lowest BCUT2D eigenvalue weighted by atomic mass is 10.1. The highest BCUT2D eigenvalue weighted by molar-refractivity contribution is 8.18. The van der Waals surface area contributed by atoms with Gasteiger partial charge in [-0.3, -0.25) is 19.9 Å². The lowest BCUT2D eigenvalue weighted by Crippen LogP contribution is -2.29. The third-order valence-electron chi connectivity index (χ3n) is 4.87. The van der Waals surface area contributed by atoms with Crippen molar-refractivity contribution in [2.45, 2.75) is 6.42 Å². The highest BCUT2D eigenvalue weighted by Crippen LogP contribution is 2.31. The predicted octanol–water partition coefficient (Wildman–Crippen LogP) is 3.26. The Labute approximate surface area is 178 Å². The number of carbonyl (C=O) groups excluding carboxylic acids is 2. The predicted molar refractivity (Wildman–Crippen MR) is 116 cm³/mol. The number of hydrogen-bond acceptors (Lipinski definition) is 7. The van der Waals surface area contributed by atoms with Gasteiger partial charge in [0.25, 0.3) is 11.1 Å². The van der Waals surface area contributed by atoms with Gasteiger partial charge >= 0.3 is 0 Å². The van der Waals surface area contributed by atoms with Crippen molar-refractivity contribution in [3.8, 4) is 11.3 Å². The van der Waals surface area contributed by atoms with Gasteiger partial charge in [-0.1, -0.05) is 17.7 Å². The molecule has 0 unspecified atom stereocenters. The van der Waals surface area contributed by atoms with Crippen LogP contribution in [0.5, 0.6) is 0 Å². The maximum atomic E-state index is 11.8. The molecule has 0 saturated carbocycles. The van der Waals surface area contributed by atoms with Gasteiger partial charge in [0.1, 0.15) is 5.82 Å². The SMILES string of the molecule is CN1CCCN(c2cncc(-c3cc(C=C4SC(=O)NC4=O)ccc3Cl)n2)CC1. The summed E-state index contributed by atoms with van der Waals surface area (Å²) in [7, 11) is 2.13. The molecule has 0 spiro atoms. The van der Waals surface area contributed by atoms with Gasteiger partial charge in [-0.2, -0.15) is 0 Å². The second kappa shape index (κ2) is 8.52. The van der Waals surface area contributed by atoms with E-state index in [1.807, 2.05) is 6.07 Å². The van der Waals surface area contributed by atoms with Crippen molar-refractivity contribution in [2.24, 2.45) is 0 Å². The molecular weight excluding hydrogens is 410 g/mol. The van der Waals surface area contributed by atoms with Crippen molar-refractivity contribution in [1.82, 2.24) is 20.2 Å². The molecule has 0 aliphatic carbocycles. The molecule has 2 saturated heterocycles. The molecule has 9 heteroatoms. The molecule has 4 rings (SSSR count). The van der Waals surface area contributed by atoms with Gasteiger partial charge in [-0.25, -0.2) is 4.98 Å². The molecule has 1 aromatic heterocycles. The van der Waals surface area contributed by atoms with Gasteiger partial charge in [0.2, 0.25) is 0 Å². The smallest absolute Gasteiger partial charge is 0.290 e. The van der Waals surface area contributed by atoms with E-state index in [0.29, 0.717) is 15.6 Å². The molecule has 2 fully saturated rings. The zero-order valence-electron chi connectivity index (χ0n) is 15.9. The normalized spacial score (nSPS) is 19.5. The molecular formula is C20H20ClN5O2S. The maximum Gasteiger partial charge on any atom is 0.290 e. The summed E-state index contributed by atoms with van der Waals surface area (Å²) in [5.41, 5.74) is 2.17. The van der Waals surface area contributed by atoms with Crippen LogP contribution in [0.25, 0.3) is 17.3 Å². The minimum atomic E-state index is -0.385. The Hall–Kier alpha value is -2.42. The van der Waals surface area contributed by atoms with Crippen molar-refractivity contribution < 1.29 is 9.59 Å². The second-order valence-corrected chi connectivity index (χ2v) is 8.42. The fourth-order valence-corrected chi connectivity index (χ4v) is 4.21. The van der Waals surface area contributed by atoms with Crippen molar-refractivity contribution >= 4 is 46.4 Å². The number of likely N-dealkylation sites (N-methyl/N-ethyl adjacent to an activating group) is 1. The third-order valence-corrected chi connectivity index (χ3v) is 6.01. The van der Waals surface area contributed by atoms with Gasteiger partial charge in [-0.05, 0) is 55.5 Å². The van der Waals surface area contributed by atoms with Crippen LogP contribution in [-0.2, 0) is 4.79 Å². The van der Waals surface area contributed by atoms with E-state index in [-0.39, 0.29) is 11.1 Å². The number of aromatic nitrogens is 2. The second-order valence-electron chi connectivity index (χ2n) is 7.00. The summed E-state index contributed by atoms with van der Waals surface area (Å²) in [5.74, 6) is 0.443. The number of thioether (sulfide) groups is 1. The Morgan fingerprint density at radius 1 is 1.17 bits per heavy atom. The van der Waals surface area contributed by atoms with Crippen molar-refractivity contribution in [2.75, 3.05) is 38.1 Å². The van der Waals surface area contributed by atoms with Crippen LogP contribution in [-0.4, -0.2) is 59.2 Å². The molecule has 3 heterocycles. The van der Waals surface area contributed by atoms with Crippen molar-refractivity contribution in [3.63, 3.8) is 0 Å². The molecule has 0 bridgehead atoms. The number of benzene rings is 1. The molecule has 2 amide bonds. The molecule has 2 aromatic rings. The van der Waals surface area contributed by atoms with Gasteiger partial charge in [0.15, 0.2) is 0 Å². The number of anilines is 1. The van der Waals surface area contributed by atoms with Crippen LogP contribution in [0.3, 0.4) is 0 Å². The Balaban J connectivity index is 1.64. The van der Waals surface area contributed by atoms with Crippen molar-refractivity contribution in [1.29, 1.82) is 0 Å². The molecule has 29 heavy (non-hydrogen) atoms. The van der Waals surface area contributed by atoms with E-state index < -0.39 is 0 Å². The first-order chi connectivity index (χ1) is 14.0. The summed E-state index contributed by atoms with van der Waals surface area (Å²) >= 11 is 7.32. The standard InChI is InChI=1S/C20H20ClN5O2S/c1-25-5-2-6-26(8-7-25)18-12-22-11-16(23-18)14-9-13(3-4-15(14)21)10-17-19(27)24-20(28)29-17/h3-4,9-12H,2,5-8H2,1H3,(H,24,27,28). The zero-order chi connectivity index (χ0) is 20.4. The minimum Gasteiger partial charge on any atom is -0.354 e. The summed E-state index contributed by atoms with van der Waals surface area (Å²) in [6.45, 7) is 3.88. The molecule has 1 aromatic carbocycles. The molecule has 150 valence electrons. The number of rotatable bonds is 3. The topological polar surface area (TPSA) is 78.4 Å². The highest BCUT2D eigenvalue weighted by atomic mass is 35.5. The first-order valence-electron chi connectivity index (χ1n) is 9.30. The molecule has 2 aliphatic heterocycles. The van der Waals surface area contributed by atoms with Crippen LogP contribution in [0, 0.1) is 0 Å². The van der Waals surface area contributed by atoms with Gasteiger partial charge in [0.05, 0.1) is 28.0 Å². The van der Waals surface area contributed by atoms with Crippen LogP contribution in [0.15, 0.2) is 35.5 Å². The molecule has 0 radical (unpaired) electrons. The van der Waals surface area contributed by atoms with E-state index in [2.05, 4.69) is 27.1 Å². The fourth-order valence-electron chi connectivity index (χ4n) is 3.31. The summed E-state index contributed by atoms with van der Waals surface area (Å²) in [4.78, 5) is 37.3. The van der Waals surface area contributed by atoms with Crippen LogP contribution in [0.2, 0.25) is 5.02 Å². The van der Waals surface area contributed by atoms with E-state index in [9.17, 15) is 9.59 Å². The third kappa shape index (κ3) is 4.60. The lowest BCUT2D eigenvalue weighted by molar-refractivity contribution is -0.115. The van der Waals surface area contributed by atoms with Crippen molar-refractivity contribution in [3.05, 3.63) is 46.1 Å². The van der Waals surface area contributed by atoms with E-state index in [0.717, 1.165) is 61.3 Å². The van der Waals surface area contributed by atoms with Gasteiger partial charge in [0, 0.05) is 25.2 Å². The Bertz CT molecular complexity index is 997. The summed E-state index contributed by atoms with van der Waals surface area (Å²) in [5, 5.41) is 2.44. The van der Waals surface area contributed by atoms with E-state index >= 15 is 0 Å². The fraction of sp³-hybridized carbons (Fsp3) is 0.300. The summed E-state index contributed by atoms with van der Waals surface area (Å²) in [6.07, 6.45) is 6.21. The summed E-state index contributed by atoms with van der Waals surface area (Å²) < 4.78 is 0. The Morgan fingerprint density at radius 2 is 2.03 bits per heavy atom. The van der Waals surface area contributed by atoms with Gasteiger partial charge in [-0.15, -0.1) is 0 Å². The monoisotopic (exact) mass is 429 g/mol. The van der Waals surface area contributed by atoms with Gasteiger partial charge < -0.3 is 9.80 Å².